The molecule has 0 saturated carbocycles. The van der Waals surface area contributed by atoms with Crippen LogP contribution in [0.3, 0.4) is 0 Å². The summed E-state index contributed by atoms with van der Waals surface area (Å²) in [5.41, 5.74) is 1.21. The maximum Gasteiger partial charge on any atom is 0.243 e. The van der Waals surface area contributed by atoms with E-state index in [1.807, 2.05) is 51.1 Å². The van der Waals surface area contributed by atoms with Crippen molar-refractivity contribution in [2.24, 2.45) is 4.99 Å². The van der Waals surface area contributed by atoms with Crippen LogP contribution < -0.4 is 10.6 Å². The highest BCUT2D eigenvalue weighted by Gasteiger charge is 2.46. The van der Waals surface area contributed by atoms with Gasteiger partial charge in [-0.25, -0.2) is 8.42 Å². The summed E-state index contributed by atoms with van der Waals surface area (Å²) in [6.07, 6.45) is 1.45. The van der Waals surface area contributed by atoms with E-state index in [1.54, 1.807) is 18.2 Å². The van der Waals surface area contributed by atoms with E-state index in [2.05, 4.69) is 10.6 Å². The second kappa shape index (κ2) is 7.66. The van der Waals surface area contributed by atoms with E-state index >= 15 is 0 Å². The number of aliphatic imine (C=N–C) groups is 1. The average Bonchev–Trinajstić information content (AvgIpc) is 2.73. The van der Waals surface area contributed by atoms with Gasteiger partial charge in [-0.2, -0.15) is 9.57 Å². The maximum absolute atomic E-state index is 13.4. The summed E-state index contributed by atoms with van der Waals surface area (Å²) in [6.45, 7) is 6.76. The number of hydrogen-bond acceptors (Lipinski definition) is 5. The van der Waals surface area contributed by atoms with Crippen molar-refractivity contribution in [2.45, 2.75) is 49.6 Å². The number of para-hydroxylation sites is 2. The summed E-state index contributed by atoms with van der Waals surface area (Å²) in [5.74, 6) is 0.754. The largest absolute Gasteiger partial charge is 0.370 e. The number of anilines is 2. The summed E-state index contributed by atoms with van der Waals surface area (Å²) < 4.78 is 28.4. The number of benzene rings is 2. The van der Waals surface area contributed by atoms with Gasteiger partial charge >= 0.3 is 0 Å². The molecule has 31 heavy (non-hydrogen) atoms. The van der Waals surface area contributed by atoms with Crippen LogP contribution in [0.5, 0.6) is 0 Å². The summed E-state index contributed by atoms with van der Waals surface area (Å²) >= 11 is 0. The number of nitrogens with zero attached hydrogens (tertiary/aromatic N) is 3. The Kier molecular flexibility index (Phi) is 5.28. The zero-order chi connectivity index (χ0) is 22.3. The van der Waals surface area contributed by atoms with Gasteiger partial charge in [-0.05, 0) is 63.9 Å². The molecule has 0 amide bonds. The minimum atomic E-state index is -3.76. The summed E-state index contributed by atoms with van der Waals surface area (Å²) in [7, 11) is -3.76. The molecule has 2 aromatic carbocycles. The van der Waals surface area contributed by atoms with Gasteiger partial charge in [0.15, 0.2) is 0 Å². The molecule has 7 nitrogen and oxygen atoms in total. The Bertz CT molecular complexity index is 1180. The Hall–Kier alpha value is -2.89. The molecule has 1 fully saturated rings. The summed E-state index contributed by atoms with van der Waals surface area (Å²) in [6, 6.07) is 16.1. The lowest BCUT2D eigenvalue weighted by Gasteiger charge is -2.47. The van der Waals surface area contributed by atoms with E-state index in [-0.39, 0.29) is 17.0 Å². The minimum Gasteiger partial charge on any atom is -0.370 e. The van der Waals surface area contributed by atoms with Crippen molar-refractivity contribution in [3.05, 3.63) is 54.1 Å². The highest BCUT2D eigenvalue weighted by molar-refractivity contribution is 7.89. The molecular weight excluding hydrogens is 410 g/mol. The molecule has 2 aromatic rings. The predicted molar refractivity (Wildman–Crippen MR) is 123 cm³/mol. The number of hydrogen-bond donors (Lipinski definition) is 2. The van der Waals surface area contributed by atoms with Crippen molar-refractivity contribution in [3.63, 3.8) is 0 Å². The molecule has 0 aromatic heterocycles. The molecule has 2 N–H and O–H groups in total. The van der Waals surface area contributed by atoms with E-state index in [0.717, 1.165) is 23.6 Å². The Morgan fingerprint density at radius 3 is 2.58 bits per heavy atom. The molecule has 1 unspecified atom stereocenters. The first kappa shape index (κ1) is 21.3. The van der Waals surface area contributed by atoms with Gasteiger partial charge in [-0.15, -0.1) is 0 Å². The third-order valence-electron chi connectivity index (χ3n) is 5.51. The molecule has 4 rings (SSSR count). The molecular formula is C23H27N5O2S. The quantitative estimate of drug-likeness (QED) is 0.744. The molecule has 1 saturated heterocycles. The van der Waals surface area contributed by atoms with Crippen molar-refractivity contribution >= 4 is 27.2 Å². The number of nitriles is 1. The van der Waals surface area contributed by atoms with Gasteiger partial charge in [0.25, 0.3) is 0 Å². The minimum absolute atomic E-state index is 0.141. The van der Waals surface area contributed by atoms with Gasteiger partial charge in [0.05, 0.1) is 33.4 Å². The summed E-state index contributed by atoms with van der Waals surface area (Å²) in [4.78, 5) is 5.08. The molecule has 162 valence electrons. The van der Waals surface area contributed by atoms with Crippen LogP contribution in [0.15, 0.2) is 58.4 Å². The van der Waals surface area contributed by atoms with E-state index in [1.165, 1.54) is 10.4 Å². The second-order valence-electron chi connectivity index (χ2n) is 9.09. The lowest BCUT2D eigenvalue weighted by molar-refractivity contribution is 0.293. The number of piperidine rings is 1. The van der Waals surface area contributed by atoms with Gasteiger partial charge in [0.1, 0.15) is 11.4 Å². The Balaban J connectivity index is 1.75. The zero-order valence-corrected chi connectivity index (χ0v) is 18.8. The first-order valence-electron chi connectivity index (χ1n) is 10.4. The molecule has 1 atom stereocenters. The third-order valence-corrected chi connectivity index (χ3v) is 7.35. The predicted octanol–water partition coefficient (Wildman–Crippen LogP) is 3.82. The number of sulfonamides is 1. The highest BCUT2D eigenvalue weighted by atomic mass is 32.2. The highest BCUT2D eigenvalue weighted by Crippen LogP contribution is 2.38. The van der Waals surface area contributed by atoms with E-state index in [4.69, 9.17) is 4.99 Å². The van der Waals surface area contributed by atoms with E-state index in [9.17, 15) is 13.7 Å². The molecule has 0 aliphatic carbocycles. The molecule has 2 aliphatic rings. The molecule has 8 heteroatoms. The molecule has 0 bridgehead atoms. The maximum atomic E-state index is 13.4. The third kappa shape index (κ3) is 4.16. The number of fused-ring (bicyclic) bond motifs is 1. The van der Waals surface area contributed by atoms with Crippen LogP contribution in [0.2, 0.25) is 0 Å². The van der Waals surface area contributed by atoms with Crippen LogP contribution in [0.25, 0.3) is 0 Å². The average molecular weight is 438 g/mol. The van der Waals surface area contributed by atoms with E-state index in [0.29, 0.717) is 18.5 Å². The SMILES string of the molecule is CC(C)(C)N=C1Nc2ccccc2NC12CCCN(S(=O)(=O)c1cccc(C#N)c1)C2. The van der Waals surface area contributed by atoms with Gasteiger partial charge in [0, 0.05) is 13.1 Å². The van der Waals surface area contributed by atoms with E-state index < -0.39 is 15.6 Å². The molecule has 2 heterocycles. The summed E-state index contributed by atoms with van der Waals surface area (Å²) in [5, 5.41) is 16.3. The van der Waals surface area contributed by atoms with Gasteiger partial charge in [-0.3, -0.25) is 4.99 Å². The molecule has 2 aliphatic heterocycles. The number of nitrogens with one attached hydrogen (secondary N) is 2. The van der Waals surface area contributed by atoms with Crippen LogP contribution >= 0.6 is 0 Å². The van der Waals surface area contributed by atoms with Crippen LogP contribution in [-0.4, -0.2) is 42.7 Å². The first-order valence-corrected chi connectivity index (χ1v) is 11.8. The topological polar surface area (TPSA) is 97.6 Å². The van der Waals surface area contributed by atoms with Crippen molar-refractivity contribution in [3.8, 4) is 6.07 Å². The normalized spacial score (nSPS) is 23.0. The van der Waals surface area contributed by atoms with Crippen molar-refractivity contribution < 1.29 is 8.42 Å². The first-order chi connectivity index (χ1) is 14.6. The fourth-order valence-corrected chi connectivity index (χ4v) is 5.71. The van der Waals surface area contributed by atoms with Crippen LogP contribution in [0, 0.1) is 11.3 Å². The lowest BCUT2D eigenvalue weighted by Crippen LogP contribution is -2.62. The van der Waals surface area contributed by atoms with Gasteiger partial charge in [-0.1, -0.05) is 18.2 Å². The number of amidine groups is 1. The Morgan fingerprint density at radius 1 is 1.13 bits per heavy atom. The van der Waals surface area contributed by atoms with Crippen LogP contribution in [0.1, 0.15) is 39.2 Å². The smallest absolute Gasteiger partial charge is 0.243 e. The number of rotatable bonds is 2. The van der Waals surface area contributed by atoms with Crippen molar-refractivity contribution in [2.75, 3.05) is 23.7 Å². The molecule has 0 radical (unpaired) electrons. The zero-order valence-electron chi connectivity index (χ0n) is 18.0. The standard InChI is InChI=1S/C23H27N5O2S/c1-22(2,3)27-21-23(26-20-11-5-4-10-19(20)25-21)12-7-13-28(16-23)31(29,30)18-9-6-8-17(14-18)15-24/h4-6,8-11,14,26H,7,12-13,16H2,1-3H3,(H,25,27). The second-order valence-corrected chi connectivity index (χ2v) is 11.0. The molecule has 1 spiro atoms. The van der Waals surface area contributed by atoms with Gasteiger partial charge in [0.2, 0.25) is 10.0 Å². The fraction of sp³-hybridized carbons (Fsp3) is 0.391. The lowest BCUT2D eigenvalue weighted by atomic mass is 9.85. The Labute approximate surface area is 183 Å². The fourth-order valence-electron chi connectivity index (χ4n) is 4.13. The van der Waals surface area contributed by atoms with Crippen molar-refractivity contribution in [1.82, 2.24) is 4.31 Å². The van der Waals surface area contributed by atoms with Gasteiger partial charge < -0.3 is 10.6 Å². The van der Waals surface area contributed by atoms with Crippen LogP contribution in [-0.2, 0) is 10.0 Å². The monoisotopic (exact) mass is 437 g/mol. The van der Waals surface area contributed by atoms with Crippen molar-refractivity contribution in [1.29, 1.82) is 5.26 Å². The Morgan fingerprint density at radius 2 is 1.87 bits per heavy atom. The van der Waals surface area contributed by atoms with Crippen LogP contribution in [0.4, 0.5) is 11.4 Å².